The average molecular weight is 263 g/mol. The second-order valence-corrected chi connectivity index (χ2v) is 6.57. The molecule has 0 aromatic carbocycles. The minimum Gasteiger partial charge on any atom is -0.350 e. The first-order chi connectivity index (χ1) is 8.78. The fraction of sp³-hybridized carbons (Fsp3) is 0.667. The number of nitrogens with two attached hydrogens (primary N) is 1. The van der Waals surface area contributed by atoms with Crippen molar-refractivity contribution in [2.75, 3.05) is 0 Å². The maximum atomic E-state index is 12.1. The lowest BCUT2D eigenvalue weighted by atomic mass is 9.93. The predicted octanol–water partition coefficient (Wildman–Crippen LogP) is 2.05. The van der Waals surface area contributed by atoms with Crippen LogP contribution in [0.1, 0.15) is 56.6 Å². The molecule has 1 unspecified atom stereocenters. The van der Waals surface area contributed by atoms with Crippen LogP contribution in [0.25, 0.3) is 0 Å². The molecule has 1 heterocycles. The molecule has 1 amide bonds. The standard InChI is InChI=1S/C15H25N3O/c1-10-8-11-12(16)6-5-7-13(11)18(10)9-14(19)17-15(2,3)4/h8,12H,5-7,9,16H2,1-4H3,(H,17,19). The van der Waals surface area contributed by atoms with Gasteiger partial charge in [0.05, 0.1) is 0 Å². The van der Waals surface area contributed by atoms with E-state index in [9.17, 15) is 4.79 Å². The Morgan fingerprint density at radius 2 is 2.21 bits per heavy atom. The second kappa shape index (κ2) is 5.00. The predicted molar refractivity (Wildman–Crippen MR) is 76.9 cm³/mol. The summed E-state index contributed by atoms with van der Waals surface area (Å²) in [7, 11) is 0. The van der Waals surface area contributed by atoms with Gasteiger partial charge in [-0.1, -0.05) is 0 Å². The summed E-state index contributed by atoms with van der Waals surface area (Å²) in [6.07, 6.45) is 3.18. The number of aryl methyl sites for hydroxylation is 1. The molecular weight excluding hydrogens is 238 g/mol. The lowest BCUT2D eigenvalue weighted by Gasteiger charge is -2.23. The van der Waals surface area contributed by atoms with Crippen LogP contribution in [-0.2, 0) is 17.8 Å². The van der Waals surface area contributed by atoms with E-state index < -0.39 is 0 Å². The number of rotatable bonds is 2. The molecule has 4 nitrogen and oxygen atoms in total. The highest BCUT2D eigenvalue weighted by molar-refractivity contribution is 5.76. The van der Waals surface area contributed by atoms with E-state index in [2.05, 4.69) is 22.9 Å². The van der Waals surface area contributed by atoms with Gasteiger partial charge < -0.3 is 15.6 Å². The Labute approximate surface area is 115 Å². The van der Waals surface area contributed by atoms with Crippen LogP contribution in [0.15, 0.2) is 6.07 Å². The fourth-order valence-corrected chi connectivity index (χ4v) is 2.82. The number of amides is 1. The molecule has 1 aliphatic rings. The van der Waals surface area contributed by atoms with Crippen molar-refractivity contribution in [1.82, 2.24) is 9.88 Å². The number of nitrogens with zero attached hydrogens (tertiary/aromatic N) is 1. The van der Waals surface area contributed by atoms with Crippen molar-refractivity contribution < 1.29 is 4.79 Å². The smallest absolute Gasteiger partial charge is 0.240 e. The third-order valence-electron chi connectivity index (χ3n) is 3.59. The van der Waals surface area contributed by atoms with E-state index in [1.165, 1.54) is 11.3 Å². The van der Waals surface area contributed by atoms with Gasteiger partial charge in [-0.25, -0.2) is 0 Å². The Kier molecular flexibility index (Phi) is 3.72. The molecule has 1 atom stereocenters. The van der Waals surface area contributed by atoms with Crippen molar-refractivity contribution in [1.29, 1.82) is 0 Å². The van der Waals surface area contributed by atoms with Crippen molar-refractivity contribution >= 4 is 5.91 Å². The van der Waals surface area contributed by atoms with Crippen molar-refractivity contribution in [3.8, 4) is 0 Å². The Morgan fingerprint density at radius 3 is 2.84 bits per heavy atom. The van der Waals surface area contributed by atoms with E-state index in [-0.39, 0.29) is 17.5 Å². The molecule has 1 aliphatic carbocycles. The largest absolute Gasteiger partial charge is 0.350 e. The molecule has 0 bridgehead atoms. The van der Waals surface area contributed by atoms with Crippen molar-refractivity contribution in [3.05, 3.63) is 23.0 Å². The monoisotopic (exact) mass is 263 g/mol. The van der Waals surface area contributed by atoms with Crippen LogP contribution in [0.2, 0.25) is 0 Å². The number of carbonyl (C=O) groups excluding carboxylic acids is 1. The SMILES string of the molecule is Cc1cc2c(n1CC(=O)NC(C)(C)C)CCCC2N. The summed E-state index contributed by atoms with van der Waals surface area (Å²) < 4.78 is 2.12. The van der Waals surface area contributed by atoms with Gasteiger partial charge in [0.25, 0.3) is 0 Å². The van der Waals surface area contributed by atoms with Crippen LogP contribution in [0.3, 0.4) is 0 Å². The van der Waals surface area contributed by atoms with Gasteiger partial charge in [0.15, 0.2) is 0 Å². The molecule has 3 N–H and O–H groups in total. The first kappa shape index (κ1) is 14.1. The van der Waals surface area contributed by atoms with Gasteiger partial charge in [0, 0.05) is 23.0 Å². The zero-order valence-corrected chi connectivity index (χ0v) is 12.4. The number of carbonyl (C=O) groups is 1. The van der Waals surface area contributed by atoms with Crippen molar-refractivity contribution in [3.63, 3.8) is 0 Å². The molecule has 0 fully saturated rings. The van der Waals surface area contributed by atoms with Crippen LogP contribution >= 0.6 is 0 Å². The summed E-state index contributed by atoms with van der Waals surface area (Å²) in [6, 6.07) is 2.28. The first-order valence-corrected chi connectivity index (χ1v) is 7.03. The van der Waals surface area contributed by atoms with Gasteiger partial charge in [-0.15, -0.1) is 0 Å². The lowest BCUT2D eigenvalue weighted by molar-refractivity contribution is -0.123. The summed E-state index contributed by atoms with van der Waals surface area (Å²) in [5, 5.41) is 3.01. The Bertz CT molecular complexity index is 482. The van der Waals surface area contributed by atoms with Crippen LogP contribution in [-0.4, -0.2) is 16.0 Å². The van der Waals surface area contributed by atoms with Gasteiger partial charge in [0.2, 0.25) is 5.91 Å². The molecule has 4 heteroatoms. The zero-order chi connectivity index (χ0) is 14.2. The molecule has 0 aliphatic heterocycles. The van der Waals surface area contributed by atoms with Crippen molar-refractivity contribution in [2.45, 2.75) is 65.1 Å². The third-order valence-corrected chi connectivity index (χ3v) is 3.59. The fourth-order valence-electron chi connectivity index (χ4n) is 2.82. The first-order valence-electron chi connectivity index (χ1n) is 7.03. The van der Waals surface area contributed by atoms with Gasteiger partial charge in [-0.3, -0.25) is 4.79 Å². The maximum Gasteiger partial charge on any atom is 0.240 e. The summed E-state index contributed by atoms with van der Waals surface area (Å²) in [5.41, 5.74) is 9.57. The van der Waals surface area contributed by atoms with E-state index in [0.717, 1.165) is 25.0 Å². The quantitative estimate of drug-likeness (QED) is 0.858. The second-order valence-electron chi connectivity index (χ2n) is 6.57. The molecule has 0 saturated carbocycles. The van der Waals surface area contributed by atoms with E-state index in [0.29, 0.717) is 6.54 Å². The van der Waals surface area contributed by atoms with Gasteiger partial charge in [0.1, 0.15) is 6.54 Å². The zero-order valence-electron chi connectivity index (χ0n) is 12.4. The van der Waals surface area contributed by atoms with E-state index in [1.54, 1.807) is 0 Å². The minimum absolute atomic E-state index is 0.0631. The van der Waals surface area contributed by atoms with Crippen LogP contribution < -0.4 is 11.1 Å². The summed E-state index contributed by atoms with van der Waals surface area (Å²) in [6.45, 7) is 8.44. The van der Waals surface area contributed by atoms with E-state index in [4.69, 9.17) is 5.73 Å². The summed E-state index contributed by atoms with van der Waals surface area (Å²) in [4.78, 5) is 12.1. The molecule has 2 rings (SSSR count). The normalized spacial score (nSPS) is 19.1. The third kappa shape index (κ3) is 3.18. The van der Waals surface area contributed by atoms with Gasteiger partial charge in [-0.2, -0.15) is 0 Å². The number of fused-ring (bicyclic) bond motifs is 1. The van der Waals surface area contributed by atoms with Gasteiger partial charge in [-0.05, 0) is 58.6 Å². The lowest BCUT2D eigenvalue weighted by Crippen LogP contribution is -2.42. The molecule has 0 saturated heterocycles. The highest BCUT2D eigenvalue weighted by Crippen LogP contribution is 2.30. The van der Waals surface area contributed by atoms with Crippen LogP contribution in [0.5, 0.6) is 0 Å². The molecule has 1 aromatic rings. The topological polar surface area (TPSA) is 60.0 Å². The number of hydrogen-bond donors (Lipinski definition) is 2. The molecule has 106 valence electrons. The molecule has 1 aromatic heterocycles. The molecule has 19 heavy (non-hydrogen) atoms. The molecule has 0 spiro atoms. The minimum atomic E-state index is -0.186. The molecular formula is C15H25N3O. The highest BCUT2D eigenvalue weighted by Gasteiger charge is 2.23. The summed E-state index contributed by atoms with van der Waals surface area (Å²) >= 11 is 0. The van der Waals surface area contributed by atoms with Crippen LogP contribution in [0.4, 0.5) is 0 Å². The Hall–Kier alpha value is -1.29. The number of hydrogen-bond acceptors (Lipinski definition) is 2. The van der Waals surface area contributed by atoms with Crippen LogP contribution in [0, 0.1) is 6.92 Å². The number of aromatic nitrogens is 1. The number of nitrogens with one attached hydrogen (secondary N) is 1. The average Bonchev–Trinajstić information content (AvgIpc) is 2.55. The van der Waals surface area contributed by atoms with E-state index in [1.807, 2.05) is 20.8 Å². The Morgan fingerprint density at radius 1 is 1.53 bits per heavy atom. The summed E-state index contributed by atoms with van der Waals surface area (Å²) in [5.74, 6) is 0.0631. The van der Waals surface area contributed by atoms with Crippen molar-refractivity contribution in [2.24, 2.45) is 5.73 Å². The highest BCUT2D eigenvalue weighted by atomic mass is 16.2. The van der Waals surface area contributed by atoms with E-state index >= 15 is 0 Å². The molecule has 0 radical (unpaired) electrons. The maximum absolute atomic E-state index is 12.1. The van der Waals surface area contributed by atoms with Gasteiger partial charge >= 0.3 is 0 Å². The Balaban J connectivity index is 2.19.